The molecule has 0 aromatic carbocycles. The number of ether oxygens (including phenoxy) is 2. The van der Waals surface area contributed by atoms with Crippen molar-refractivity contribution in [1.29, 1.82) is 0 Å². The molecule has 4 nitrogen and oxygen atoms in total. The number of aliphatic hydroxyl groups is 1. The molecule has 1 atom stereocenters. The zero-order valence-corrected chi connectivity index (χ0v) is 9.87. The number of hydrogen-bond acceptors (Lipinski definition) is 4. The molecular formula is C11H20O4. The van der Waals surface area contributed by atoms with Crippen LogP contribution in [0.15, 0.2) is 12.2 Å². The van der Waals surface area contributed by atoms with E-state index in [0.29, 0.717) is 5.57 Å². The van der Waals surface area contributed by atoms with Crippen molar-refractivity contribution in [2.45, 2.75) is 46.0 Å². The fourth-order valence-electron chi connectivity index (χ4n) is 0.843. The van der Waals surface area contributed by atoms with Crippen molar-refractivity contribution in [3.63, 3.8) is 0 Å². The van der Waals surface area contributed by atoms with E-state index in [1.165, 1.54) is 0 Å². The minimum Gasteiger partial charge on any atom is -0.462 e. The van der Waals surface area contributed by atoms with Crippen molar-refractivity contribution in [3.05, 3.63) is 12.2 Å². The molecule has 0 aromatic heterocycles. The van der Waals surface area contributed by atoms with E-state index in [4.69, 9.17) is 9.47 Å². The molecule has 0 heterocycles. The molecule has 1 N–H and O–H groups in total. The topological polar surface area (TPSA) is 55.8 Å². The second kappa shape index (κ2) is 5.88. The maximum Gasteiger partial charge on any atom is 0.333 e. The molecule has 0 rings (SSSR count). The first kappa shape index (κ1) is 14.1. The molecule has 0 aliphatic carbocycles. The van der Waals surface area contributed by atoms with Gasteiger partial charge >= 0.3 is 5.97 Å². The van der Waals surface area contributed by atoms with Crippen LogP contribution in [0.25, 0.3) is 0 Å². The van der Waals surface area contributed by atoms with Gasteiger partial charge in [-0.2, -0.15) is 0 Å². The van der Waals surface area contributed by atoms with Crippen molar-refractivity contribution in [3.8, 4) is 0 Å². The van der Waals surface area contributed by atoms with Gasteiger partial charge in [-0.25, -0.2) is 4.79 Å². The lowest BCUT2D eigenvalue weighted by Gasteiger charge is -2.23. The molecule has 0 saturated heterocycles. The van der Waals surface area contributed by atoms with Gasteiger partial charge in [-0.3, -0.25) is 0 Å². The molecule has 15 heavy (non-hydrogen) atoms. The van der Waals surface area contributed by atoms with Crippen LogP contribution < -0.4 is 0 Å². The third-order valence-corrected chi connectivity index (χ3v) is 1.44. The van der Waals surface area contributed by atoms with Crippen molar-refractivity contribution in [2.24, 2.45) is 0 Å². The van der Waals surface area contributed by atoms with Crippen molar-refractivity contribution in [1.82, 2.24) is 0 Å². The first-order chi connectivity index (χ1) is 6.72. The van der Waals surface area contributed by atoms with Gasteiger partial charge in [-0.15, -0.1) is 0 Å². The Balaban J connectivity index is 3.69. The third-order valence-electron chi connectivity index (χ3n) is 1.44. The van der Waals surface area contributed by atoms with Crippen LogP contribution in [0.3, 0.4) is 0 Å². The first-order valence-corrected chi connectivity index (χ1v) is 4.91. The molecule has 0 aliphatic heterocycles. The Labute approximate surface area is 90.9 Å². The summed E-state index contributed by atoms with van der Waals surface area (Å²) in [5.41, 5.74) is -0.0566. The van der Waals surface area contributed by atoms with Crippen LogP contribution >= 0.6 is 0 Å². The summed E-state index contributed by atoms with van der Waals surface area (Å²) < 4.78 is 10.0. The van der Waals surface area contributed by atoms with Crippen LogP contribution in [0, 0.1) is 0 Å². The molecule has 0 bridgehead atoms. The van der Waals surface area contributed by atoms with Crippen LogP contribution in [-0.2, 0) is 14.3 Å². The van der Waals surface area contributed by atoms with E-state index in [0.717, 1.165) is 0 Å². The molecule has 0 radical (unpaired) electrons. The summed E-state index contributed by atoms with van der Waals surface area (Å²) in [6.07, 6.45) is -0.654. The Hall–Kier alpha value is -0.870. The number of esters is 1. The molecule has 0 fully saturated rings. The summed E-state index contributed by atoms with van der Waals surface area (Å²) in [6.45, 7) is 10.7. The lowest BCUT2D eigenvalue weighted by Crippen LogP contribution is -2.28. The average molecular weight is 216 g/mol. The van der Waals surface area contributed by atoms with Gasteiger partial charge in [0.25, 0.3) is 0 Å². The highest BCUT2D eigenvalue weighted by atomic mass is 16.6. The number of rotatable bonds is 5. The van der Waals surface area contributed by atoms with Crippen LogP contribution in [0.4, 0.5) is 0 Å². The summed E-state index contributed by atoms with van der Waals surface area (Å²) in [5.74, 6) is -0.446. The monoisotopic (exact) mass is 216 g/mol. The minimum absolute atomic E-state index is 0.128. The summed E-state index contributed by atoms with van der Waals surface area (Å²) in [7, 11) is 0. The quantitative estimate of drug-likeness (QED) is 0.431. The minimum atomic E-state index is -0.914. The fourth-order valence-corrected chi connectivity index (χ4v) is 0.843. The summed E-state index contributed by atoms with van der Waals surface area (Å²) in [5, 5.41) is 9.40. The van der Waals surface area contributed by atoms with Gasteiger partial charge < -0.3 is 14.6 Å². The normalized spacial score (nSPS) is 13.4. The largest absolute Gasteiger partial charge is 0.462 e. The second-order valence-corrected chi connectivity index (χ2v) is 4.39. The highest BCUT2D eigenvalue weighted by Gasteiger charge is 2.16. The van der Waals surface area contributed by atoms with Gasteiger partial charge in [0.2, 0.25) is 0 Å². The molecular weight excluding hydrogens is 196 g/mol. The molecule has 88 valence electrons. The molecule has 4 heteroatoms. The number of aliphatic hydroxyl groups excluding tert-OH is 1. The average Bonchev–Trinajstić information content (AvgIpc) is 2.00. The van der Waals surface area contributed by atoms with Crippen LogP contribution in [0.2, 0.25) is 0 Å². The highest BCUT2D eigenvalue weighted by Crippen LogP contribution is 2.11. The van der Waals surface area contributed by atoms with E-state index in [1.54, 1.807) is 6.92 Å². The number of hydrogen-bond donors (Lipinski definition) is 1. The summed E-state index contributed by atoms with van der Waals surface area (Å²) >= 11 is 0. The zero-order valence-electron chi connectivity index (χ0n) is 9.87. The van der Waals surface area contributed by atoms with Crippen molar-refractivity contribution in [2.75, 3.05) is 6.61 Å². The van der Waals surface area contributed by atoms with Gasteiger partial charge in [-0.1, -0.05) is 6.58 Å². The Bertz CT molecular complexity index is 227. The first-order valence-electron chi connectivity index (χ1n) is 4.91. The Kier molecular flexibility index (Phi) is 5.54. The Morgan fingerprint density at radius 1 is 1.47 bits per heavy atom. The van der Waals surface area contributed by atoms with E-state index in [1.807, 2.05) is 20.8 Å². The number of carbonyl (C=O) groups is 1. The zero-order chi connectivity index (χ0) is 12.1. The fraction of sp³-hybridized carbons (Fsp3) is 0.727. The number of carbonyl (C=O) groups excluding carboxylic acids is 1. The molecule has 1 unspecified atom stereocenters. The van der Waals surface area contributed by atoms with Gasteiger partial charge in [0.1, 0.15) is 0 Å². The van der Waals surface area contributed by atoms with E-state index in [2.05, 4.69) is 6.58 Å². The summed E-state index contributed by atoms with van der Waals surface area (Å²) in [6, 6.07) is 0. The third kappa shape index (κ3) is 8.15. The standard InChI is InChI=1S/C11H20O4/c1-8(2)10(13)14-7-6-9(12)15-11(3,4)5/h9,12H,1,6-7H2,2-5H3. The molecule has 0 amide bonds. The van der Waals surface area contributed by atoms with Gasteiger partial charge in [0.15, 0.2) is 6.29 Å². The summed E-state index contributed by atoms with van der Waals surface area (Å²) in [4.78, 5) is 11.0. The van der Waals surface area contributed by atoms with Gasteiger partial charge in [0, 0.05) is 12.0 Å². The van der Waals surface area contributed by atoms with Gasteiger partial charge in [-0.05, 0) is 27.7 Å². The predicted octanol–water partition coefficient (Wildman–Crippen LogP) is 1.63. The van der Waals surface area contributed by atoms with E-state index in [9.17, 15) is 9.90 Å². The molecule has 0 spiro atoms. The lowest BCUT2D eigenvalue weighted by molar-refractivity contribution is -0.175. The molecule has 0 saturated carbocycles. The SMILES string of the molecule is C=C(C)C(=O)OCCC(O)OC(C)(C)C. The Morgan fingerprint density at radius 3 is 2.40 bits per heavy atom. The van der Waals surface area contributed by atoms with E-state index in [-0.39, 0.29) is 13.0 Å². The molecule has 0 aromatic rings. The second-order valence-electron chi connectivity index (χ2n) is 4.39. The highest BCUT2D eigenvalue weighted by molar-refractivity contribution is 5.86. The van der Waals surface area contributed by atoms with Gasteiger partial charge in [0.05, 0.1) is 12.2 Å². The van der Waals surface area contributed by atoms with E-state index < -0.39 is 17.9 Å². The van der Waals surface area contributed by atoms with Crippen molar-refractivity contribution < 1.29 is 19.4 Å². The van der Waals surface area contributed by atoms with Crippen LogP contribution in [0.5, 0.6) is 0 Å². The predicted molar refractivity (Wildman–Crippen MR) is 57.2 cm³/mol. The van der Waals surface area contributed by atoms with Crippen LogP contribution in [-0.4, -0.2) is 29.6 Å². The smallest absolute Gasteiger partial charge is 0.333 e. The van der Waals surface area contributed by atoms with E-state index >= 15 is 0 Å². The Morgan fingerprint density at radius 2 is 2.00 bits per heavy atom. The van der Waals surface area contributed by atoms with Crippen molar-refractivity contribution >= 4 is 5.97 Å². The maximum absolute atomic E-state index is 11.0. The lowest BCUT2D eigenvalue weighted by atomic mass is 10.2. The van der Waals surface area contributed by atoms with Crippen LogP contribution in [0.1, 0.15) is 34.1 Å². The molecule has 0 aliphatic rings. The maximum atomic E-state index is 11.0.